The maximum absolute atomic E-state index is 6.20. The first-order valence-corrected chi connectivity index (χ1v) is 6.53. The van der Waals surface area contributed by atoms with Crippen LogP contribution >= 0.6 is 0 Å². The Kier molecular flexibility index (Phi) is 6.51. The molecule has 0 aliphatic heterocycles. The molecule has 0 aromatic rings. The number of hydrogen-bond donors (Lipinski definition) is 1. The molecule has 0 saturated carbocycles. The highest BCUT2D eigenvalue weighted by molar-refractivity contribution is 4.76. The highest BCUT2D eigenvalue weighted by Gasteiger charge is 2.22. The fraction of sp³-hybridized carbons (Fsp3) is 1.00. The van der Waals surface area contributed by atoms with Crippen LogP contribution in [-0.4, -0.2) is 6.04 Å². The van der Waals surface area contributed by atoms with E-state index in [-0.39, 0.29) is 0 Å². The summed E-state index contributed by atoms with van der Waals surface area (Å²) in [6, 6.07) is 0.390. The summed E-state index contributed by atoms with van der Waals surface area (Å²) in [4.78, 5) is 0. The second-order valence-electron chi connectivity index (χ2n) is 6.39. The molecule has 0 fully saturated rings. The van der Waals surface area contributed by atoms with Crippen molar-refractivity contribution in [3.63, 3.8) is 0 Å². The quantitative estimate of drug-likeness (QED) is 0.702. The minimum Gasteiger partial charge on any atom is -0.328 e. The molecule has 0 aromatic carbocycles. The van der Waals surface area contributed by atoms with E-state index in [1.54, 1.807) is 0 Å². The highest BCUT2D eigenvalue weighted by atomic mass is 14.6. The molecular formula is C14H31N. The second kappa shape index (κ2) is 6.52. The zero-order valence-electron chi connectivity index (χ0n) is 11.6. The lowest BCUT2D eigenvalue weighted by Crippen LogP contribution is -2.29. The summed E-state index contributed by atoms with van der Waals surface area (Å²) in [5.41, 5.74) is 6.60. The Morgan fingerprint density at radius 2 is 1.60 bits per heavy atom. The molecule has 0 aromatic heterocycles. The van der Waals surface area contributed by atoms with Crippen molar-refractivity contribution in [2.24, 2.45) is 23.0 Å². The van der Waals surface area contributed by atoms with Crippen LogP contribution in [0, 0.1) is 17.3 Å². The van der Waals surface area contributed by atoms with E-state index in [1.807, 2.05) is 0 Å². The van der Waals surface area contributed by atoms with Crippen molar-refractivity contribution in [1.82, 2.24) is 0 Å². The van der Waals surface area contributed by atoms with E-state index >= 15 is 0 Å². The van der Waals surface area contributed by atoms with Gasteiger partial charge >= 0.3 is 0 Å². The standard InChI is InChI=1S/C14H31N/c1-7-8-11(2)9-13(15)10-12(3)14(4,5)6/h11-13H,7-10,15H2,1-6H3. The summed E-state index contributed by atoms with van der Waals surface area (Å²) in [6.45, 7) is 13.8. The molecule has 0 aliphatic carbocycles. The van der Waals surface area contributed by atoms with Crippen LogP contribution in [0.3, 0.4) is 0 Å². The molecule has 0 heterocycles. The van der Waals surface area contributed by atoms with E-state index in [0.29, 0.717) is 17.4 Å². The SMILES string of the molecule is CCCC(C)CC(N)CC(C)C(C)(C)C. The Balaban J connectivity index is 3.88. The summed E-state index contributed by atoms with van der Waals surface area (Å²) >= 11 is 0. The molecule has 15 heavy (non-hydrogen) atoms. The molecule has 0 rings (SSSR count). The number of rotatable bonds is 6. The third-order valence-electron chi connectivity index (χ3n) is 3.62. The second-order valence-corrected chi connectivity index (χ2v) is 6.39. The molecular weight excluding hydrogens is 182 g/mol. The van der Waals surface area contributed by atoms with Crippen LogP contribution in [-0.2, 0) is 0 Å². The molecule has 0 bridgehead atoms. The lowest BCUT2D eigenvalue weighted by Gasteiger charge is -2.30. The lowest BCUT2D eigenvalue weighted by molar-refractivity contribution is 0.224. The topological polar surface area (TPSA) is 26.0 Å². The van der Waals surface area contributed by atoms with Gasteiger partial charge in [0.15, 0.2) is 0 Å². The summed E-state index contributed by atoms with van der Waals surface area (Å²) in [5, 5.41) is 0. The summed E-state index contributed by atoms with van der Waals surface area (Å²) in [6.07, 6.45) is 4.95. The van der Waals surface area contributed by atoms with Crippen molar-refractivity contribution >= 4 is 0 Å². The van der Waals surface area contributed by atoms with Crippen molar-refractivity contribution in [3.8, 4) is 0 Å². The van der Waals surface area contributed by atoms with Crippen molar-refractivity contribution in [2.45, 2.75) is 73.3 Å². The molecule has 2 N–H and O–H groups in total. The Hall–Kier alpha value is -0.0400. The van der Waals surface area contributed by atoms with Gasteiger partial charge in [-0.1, -0.05) is 54.4 Å². The Morgan fingerprint density at radius 3 is 2.00 bits per heavy atom. The van der Waals surface area contributed by atoms with Crippen LogP contribution in [0.2, 0.25) is 0 Å². The predicted octanol–water partition coefficient (Wildman–Crippen LogP) is 4.21. The molecule has 3 atom stereocenters. The third kappa shape index (κ3) is 6.94. The van der Waals surface area contributed by atoms with E-state index in [1.165, 1.54) is 19.3 Å². The molecule has 92 valence electrons. The first-order valence-electron chi connectivity index (χ1n) is 6.53. The Labute approximate surface area is 96.8 Å². The van der Waals surface area contributed by atoms with Gasteiger partial charge in [-0.3, -0.25) is 0 Å². The van der Waals surface area contributed by atoms with Crippen molar-refractivity contribution in [2.75, 3.05) is 0 Å². The van der Waals surface area contributed by atoms with Crippen molar-refractivity contribution in [3.05, 3.63) is 0 Å². The lowest BCUT2D eigenvalue weighted by atomic mass is 9.77. The molecule has 0 spiro atoms. The molecule has 1 heteroatoms. The maximum atomic E-state index is 6.20. The average molecular weight is 213 g/mol. The summed E-state index contributed by atoms with van der Waals surface area (Å²) in [5.74, 6) is 1.50. The van der Waals surface area contributed by atoms with E-state index in [9.17, 15) is 0 Å². The van der Waals surface area contributed by atoms with E-state index in [2.05, 4.69) is 41.5 Å². The largest absolute Gasteiger partial charge is 0.328 e. The van der Waals surface area contributed by atoms with Crippen LogP contribution in [0.15, 0.2) is 0 Å². The zero-order valence-corrected chi connectivity index (χ0v) is 11.6. The van der Waals surface area contributed by atoms with Gasteiger partial charge in [-0.05, 0) is 30.1 Å². The van der Waals surface area contributed by atoms with E-state index < -0.39 is 0 Å². The zero-order chi connectivity index (χ0) is 12.1. The van der Waals surface area contributed by atoms with Gasteiger partial charge in [0.1, 0.15) is 0 Å². The number of nitrogens with two attached hydrogens (primary N) is 1. The Morgan fingerprint density at radius 1 is 1.07 bits per heavy atom. The van der Waals surface area contributed by atoms with Crippen molar-refractivity contribution < 1.29 is 0 Å². The van der Waals surface area contributed by atoms with Gasteiger partial charge in [0, 0.05) is 6.04 Å². The van der Waals surface area contributed by atoms with Gasteiger partial charge < -0.3 is 5.73 Å². The monoisotopic (exact) mass is 213 g/mol. The first-order chi connectivity index (χ1) is 6.77. The summed E-state index contributed by atoms with van der Waals surface area (Å²) in [7, 11) is 0. The van der Waals surface area contributed by atoms with Gasteiger partial charge in [0.25, 0.3) is 0 Å². The first kappa shape index (κ1) is 15.0. The third-order valence-corrected chi connectivity index (χ3v) is 3.62. The maximum Gasteiger partial charge on any atom is 0.00441 e. The van der Waals surface area contributed by atoms with Gasteiger partial charge in [-0.25, -0.2) is 0 Å². The Bertz CT molecular complexity index is 157. The van der Waals surface area contributed by atoms with Crippen LogP contribution in [0.1, 0.15) is 67.2 Å². The highest BCUT2D eigenvalue weighted by Crippen LogP contribution is 2.30. The van der Waals surface area contributed by atoms with Gasteiger partial charge in [-0.15, -0.1) is 0 Å². The predicted molar refractivity (Wildman–Crippen MR) is 69.9 cm³/mol. The van der Waals surface area contributed by atoms with Crippen LogP contribution < -0.4 is 5.73 Å². The minimum atomic E-state index is 0.390. The van der Waals surface area contributed by atoms with Crippen LogP contribution in [0.5, 0.6) is 0 Å². The molecule has 1 nitrogen and oxygen atoms in total. The molecule has 0 radical (unpaired) electrons. The normalized spacial score (nSPS) is 18.6. The van der Waals surface area contributed by atoms with Gasteiger partial charge in [0.2, 0.25) is 0 Å². The van der Waals surface area contributed by atoms with E-state index in [4.69, 9.17) is 5.73 Å². The molecule has 0 aliphatic rings. The van der Waals surface area contributed by atoms with Crippen LogP contribution in [0.25, 0.3) is 0 Å². The smallest absolute Gasteiger partial charge is 0.00441 e. The fourth-order valence-corrected chi connectivity index (χ4v) is 2.03. The van der Waals surface area contributed by atoms with Gasteiger partial charge in [0.05, 0.1) is 0 Å². The fourth-order valence-electron chi connectivity index (χ4n) is 2.03. The molecule has 0 amide bonds. The molecule has 3 unspecified atom stereocenters. The van der Waals surface area contributed by atoms with Gasteiger partial charge in [-0.2, -0.15) is 0 Å². The minimum absolute atomic E-state index is 0.390. The van der Waals surface area contributed by atoms with Crippen LogP contribution in [0.4, 0.5) is 0 Å². The number of hydrogen-bond acceptors (Lipinski definition) is 1. The van der Waals surface area contributed by atoms with Crippen molar-refractivity contribution in [1.29, 1.82) is 0 Å². The molecule has 0 saturated heterocycles. The average Bonchev–Trinajstić information content (AvgIpc) is 2.01. The van der Waals surface area contributed by atoms with E-state index in [0.717, 1.165) is 12.3 Å². The summed E-state index contributed by atoms with van der Waals surface area (Å²) < 4.78 is 0.